The van der Waals surface area contributed by atoms with E-state index in [1.807, 2.05) is 47.4 Å². The third-order valence-electron chi connectivity index (χ3n) is 8.56. The molecule has 7 rings (SSSR count). The van der Waals surface area contributed by atoms with E-state index < -0.39 is 29.2 Å². The van der Waals surface area contributed by atoms with E-state index in [2.05, 4.69) is 0 Å². The Labute approximate surface area is 230 Å². The zero-order valence-electron chi connectivity index (χ0n) is 21.6. The second kappa shape index (κ2) is 8.85. The van der Waals surface area contributed by atoms with Crippen LogP contribution in [-0.4, -0.2) is 36.5 Å². The van der Waals surface area contributed by atoms with Gasteiger partial charge in [-0.2, -0.15) is 0 Å². The molecule has 6 heteroatoms. The standard InChI is InChI=1S/C34H24FNO4/c1-40-24-9-6-8-22(19-24)29-30(31(37)21-13-16-23(35)17-14-21)36-27-12-5-2-7-20(27)15-18-28(36)34(29)32(38)25-10-3-4-11-26(25)33(34)39/h2-19,28-30H,1H3/t28-,29-,30+/m0/s1. The maximum Gasteiger partial charge on any atom is 0.185 e. The van der Waals surface area contributed by atoms with Gasteiger partial charge in [-0.1, -0.05) is 66.7 Å². The first-order valence-electron chi connectivity index (χ1n) is 13.1. The highest BCUT2D eigenvalue weighted by Crippen LogP contribution is 2.61. The summed E-state index contributed by atoms with van der Waals surface area (Å²) in [6.07, 6.45) is 3.81. The average molecular weight is 530 g/mol. The van der Waals surface area contributed by atoms with Gasteiger partial charge in [-0.05, 0) is 53.6 Å². The second-order valence-electron chi connectivity index (χ2n) is 10.4. The van der Waals surface area contributed by atoms with Gasteiger partial charge in [-0.25, -0.2) is 4.39 Å². The zero-order valence-corrected chi connectivity index (χ0v) is 21.6. The molecule has 0 saturated carbocycles. The predicted molar refractivity (Wildman–Crippen MR) is 150 cm³/mol. The lowest BCUT2D eigenvalue weighted by molar-refractivity contribution is 0.0665. The van der Waals surface area contributed by atoms with Crippen LogP contribution in [-0.2, 0) is 0 Å². The van der Waals surface area contributed by atoms with Crippen LogP contribution in [0.25, 0.3) is 6.08 Å². The van der Waals surface area contributed by atoms with Crippen LogP contribution in [0.15, 0.2) is 103 Å². The number of hydrogen-bond donors (Lipinski definition) is 0. The lowest BCUT2D eigenvalue weighted by atomic mass is 9.64. The molecule has 2 aliphatic heterocycles. The molecule has 1 spiro atoms. The minimum Gasteiger partial charge on any atom is -0.497 e. The minimum atomic E-state index is -1.60. The first kappa shape index (κ1) is 24.2. The second-order valence-corrected chi connectivity index (χ2v) is 10.4. The van der Waals surface area contributed by atoms with E-state index in [-0.39, 0.29) is 17.3 Å². The van der Waals surface area contributed by atoms with Crippen LogP contribution in [0, 0.1) is 11.2 Å². The molecule has 0 N–H and O–H groups in total. The summed E-state index contributed by atoms with van der Waals surface area (Å²) in [6, 6.07) is 25.5. The Morgan fingerprint density at radius 3 is 2.23 bits per heavy atom. The summed E-state index contributed by atoms with van der Waals surface area (Å²) >= 11 is 0. The number of carbonyl (C=O) groups is 3. The number of hydrogen-bond acceptors (Lipinski definition) is 5. The van der Waals surface area contributed by atoms with Gasteiger partial charge < -0.3 is 9.64 Å². The fourth-order valence-corrected chi connectivity index (χ4v) is 6.91. The normalized spacial score (nSPS) is 21.8. The van der Waals surface area contributed by atoms with Crippen molar-refractivity contribution >= 4 is 29.1 Å². The fraction of sp³-hybridized carbons (Fsp3) is 0.147. The Bertz CT molecular complexity index is 1710. The van der Waals surface area contributed by atoms with Gasteiger partial charge in [0.25, 0.3) is 0 Å². The molecule has 0 aromatic heterocycles. The van der Waals surface area contributed by atoms with Gasteiger partial charge in [0.15, 0.2) is 17.3 Å². The smallest absolute Gasteiger partial charge is 0.185 e. The van der Waals surface area contributed by atoms with Gasteiger partial charge in [0.05, 0.1) is 13.2 Å². The third-order valence-corrected chi connectivity index (χ3v) is 8.56. The third kappa shape index (κ3) is 3.16. The summed E-state index contributed by atoms with van der Waals surface area (Å²) in [7, 11) is 1.55. The summed E-state index contributed by atoms with van der Waals surface area (Å²) in [5.74, 6) is -1.64. The van der Waals surface area contributed by atoms with E-state index >= 15 is 0 Å². The topological polar surface area (TPSA) is 63.7 Å². The highest BCUT2D eigenvalue weighted by molar-refractivity contribution is 6.32. The summed E-state index contributed by atoms with van der Waals surface area (Å²) in [4.78, 5) is 45.7. The summed E-state index contributed by atoms with van der Waals surface area (Å²) in [5, 5.41) is 0. The Morgan fingerprint density at radius 1 is 0.850 bits per heavy atom. The van der Waals surface area contributed by atoms with Gasteiger partial charge in [0.1, 0.15) is 23.0 Å². The number of nitrogens with zero attached hydrogens (tertiary/aromatic N) is 1. The van der Waals surface area contributed by atoms with Crippen LogP contribution in [0.4, 0.5) is 10.1 Å². The molecule has 0 unspecified atom stereocenters. The lowest BCUT2D eigenvalue weighted by Crippen LogP contribution is -2.48. The molecular weight excluding hydrogens is 505 g/mol. The number of methoxy groups -OCH3 is 1. The maximum absolute atomic E-state index is 14.6. The largest absolute Gasteiger partial charge is 0.497 e. The van der Waals surface area contributed by atoms with E-state index in [0.717, 1.165) is 11.3 Å². The predicted octanol–water partition coefficient (Wildman–Crippen LogP) is 6.15. The molecular formula is C34H24FNO4. The lowest BCUT2D eigenvalue weighted by Gasteiger charge is -2.37. The maximum atomic E-state index is 14.6. The molecule has 3 aliphatic rings. The van der Waals surface area contributed by atoms with Crippen molar-refractivity contribution in [2.24, 2.45) is 5.41 Å². The summed E-state index contributed by atoms with van der Waals surface area (Å²) < 4.78 is 19.4. The number of carbonyl (C=O) groups excluding carboxylic acids is 3. The first-order valence-corrected chi connectivity index (χ1v) is 13.1. The monoisotopic (exact) mass is 529 g/mol. The first-order chi connectivity index (χ1) is 19.5. The molecule has 3 atom stereocenters. The van der Waals surface area contributed by atoms with Crippen molar-refractivity contribution in [2.75, 3.05) is 12.0 Å². The van der Waals surface area contributed by atoms with E-state index in [0.29, 0.717) is 28.0 Å². The Morgan fingerprint density at radius 2 is 1.52 bits per heavy atom. The van der Waals surface area contributed by atoms with Crippen molar-refractivity contribution in [1.82, 2.24) is 0 Å². The summed E-state index contributed by atoms with van der Waals surface area (Å²) in [5.41, 5.74) is 1.72. The molecule has 5 nitrogen and oxygen atoms in total. The van der Waals surface area contributed by atoms with Gasteiger partial charge in [-0.3, -0.25) is 14.4 Å². The molecule has 1 aliphatic carbocycles. The van der Waals surface area contributed by atoms with Crippen LogP contribution in [0.5, 0.6) is 5.75 Å². The number of rotatable bonds is 4. The number of Topliss-reactive ketones (excluding diaryl/α,β-unsaturated/α-hetero) is 3. The van der Waals surface area contributed by atoms with Crippen LogP contribution in [0.1, 0.15) is 48.1 Å². The SMILES string of the molecule is COc1cccc([C@H]2[C@H](C(=O)c3ccc(F)cc3)N3c4ccccc4C=C[C@H]3C23C(=O)c2ccccc2C3=O)c1. The van der Waals surface area contributed by atoms with Gasteiger partial charge in [0, 0.05) is 28.3 Å². The number of fused-ring (bicyclic) bond motifs is 5. The molecule has 0 amide bonds. The van der Waals surface area contributed by atoms with Gasteiger partial charge in [-0.15, -0.1) is 0 Å². The fourth-order valence-electron chi connectivity index (χ4n) is 6.91. The van der Waals surface area contributed by atoms with Crippen molar-refractivity contribution in [2.45, 2.75) is 18.0 Å². The number of ether oxygens (including phenoxy) is 1. The van der Waals surface area contributed by atoms with E-state index in [1.165, 1.54) is 24.3 Å². The number of ketones is 3. The van der Waals surface area contributed by atoms with Crippen molar-refractivity contribution in [3.8, 4) is 5.75 Å². The number of halogens is 1. The highest BCUT2D eigenvalue weighted by Gasteiger charge is 2.71. The molecule has 2 heterocycles. The van der Waals surface area contributed by atoms with Crippen molar-refractivity contribution in [3.05, 3.63) is 137 Å². The molecule has 196 valence electrons. The van der Waals surface area contributed by atoms with Crippen LogP contribution in [0.3, 0.4) is 0 Å². The van der Waals surface area contributed by atoms with Crippen LogP contribution >= 0.6 is 0 Å². The van der Waals surface area contributed by atoms with Crippen molar-refractivity contribution in [3.63, 3.8) is 0 Å². The minimum absolute atomic E-state index is 0.295. The number of anilines is 1. The number of benzene rings is 4. The highest BCUT2D eigenvalue weighted by atomic mass is 19.1. The molecule has 1 fully saturated rings. The molecule has 0 bridgehead atoms. The van der Waals surface area contributed by atoms with E-state index in [9.17, 15) is 18.8 Å². The Hall–Kier alpha value is -4.84. The van der Waals surface area contributed by atoms with Crippen molar-refractivity contribution < 1.29 is 23.5 Å². The van der Waals surface area contributed by atoms with Crippen LogP contribution in [0.2, 0.25) is 0 Å². The average Bonchev–Trinajstić information content (AvgIpc) is 3.43. The van der Waals surface area contributed by atoms with E-state index in [1.54, 1.807) is 49.6 Å². The number of para-hydroxylation sites is 1. The van der Waals surface area contributed by atoms with Gasteiger partial charge in [0.2, 0.25) is 0 Å². The van der Waals surface area contributed by atoms with Crippen molar-refractivity contribution in [1.29, 1.82) is 0 Å². The molecule has 4 aromatic rings. The molecule has 0 radical (unpaired) electrons. The Kier molecular flexibility index (Phi) is 5.36. The zero-order chi connectivity index (χ0) is 27.6. The molecule has 1 saturated heterocycles. The van der Waals surface area contributed by atoms with Gasteiger partial charge >= 0.3 is 0 Å². The van der Waals surface area contributed by atoms with E-state index in [4.69, 9.17) is 4.74 Å². The summed E-state index contributed by atoms with van der Waals surface area (Å²) in [6.45, 7) is 0. The molecule has 40 heavy (non-hydrogen) atoms. The Balaban J connectivity index is 1.55. The molecule has 4 aromatic carbocycles. The quantitative estimate of drug-likeness (QED) is 0.234. The van der Waals surface area contributed by atoms with Crippen LogP contribution < -0.4 is 9.64 Å².